The van der Waals surface area contributed by atoms with E-state index in [2.05, 4.69) is 23.5 Å². The molecule has 138 valence electrons. The van der Waals surface area contributed by atoms with Crippen LogP contribution in [0.4, 0.5) is 13.2 Å². The van der Waals surface area contributed by atoms with E-state index in [0.29, 0.717) is 5.92 Å². The summed E-state index contributed by atoms with van der Waals surface area (Å²) in [7, 11) is 0. The lowest BCUT2D eigenvalue weighted by Crippen LogP contribution is -2.16. The SMILES string of the molecule is CCCCCCC1CCC(C#Cc2ccc(OC(F)(F)F)cc2)CC1. The molecule has 0 atom stereocenters. The van der Waals surface area contributed by atoms with Crippen molar-refractivity contribution in [2.45, 2.75) is 71.1 Å². The summed E-state index contributed by atoms with van der Waals surface area (Å²) in [6.07, 6.45) is 6.81. The normalized spacial score (nSPS) is 20.6. The van der Waals surface area contributed by atoms with Crippen molar-refractivity contribution in [3.8, 4) is 17.6 Å². The van der Waals surface area contributed by atoms with Gasteiger partial charge in [0.05, 0.1) is 0 Å². The van der Waals surface area contributed by atoms with Crippen LogP contribution in [0.3, 0.4) is 0 Å². The lowest BCUT2D eigenvalue weighted by molar-refractivity contribution is -0.274. The van der Waals surface area contributed by atoms with Crippen molar-refractivity contribution in [1.82, 2.24) is 0 Å². The molecule has 0 N–H and O–H groups in total. The first-order chi connectivity index (χ1) is 12.0. The highest BCUT2D eigenvalue weighted by atomic mass is 19.4. The number of ether oxygens (including phenoxy) is 1. The van der Waals surface area contributed by atoms with Crippen LogP contribution in [0.1, 0.15) is 70.3 Å². The largest absolute Gasteiger partial charge is 0.573 e. The van der Waals surface area contributed by atoms with Crippen LogP contribution in [0.25, 0.3) is 0 Å². The second kappa shape index (κ2) is 9.75. The van der Waals surface area contributed by atoms with Gasteiger partial charge in [-0.05, 0) is 55.9 Å². The first kappa shape index (κ1) is 19.7. The molecule has 1 nitrogen and oxygen atoms in total. The van der Waals surface area contributed by atoms with E-state index in [1.54, 1.807) is 12.1 Å². The van der Waals surface area contributed by atoms with Crippen LogP contribution in [-0.2, 0) is 0 Å². The van der Waals surface area contributed by atoms with Crippen molar-refractivity contribution in [2.75, 3.05) is 0 Å². The first-order valence-electron chi connectivity index (χ1n) is 9.33. The second-order valence-electron chi connectivity index (χ2n) is 6.91. The molecule has 4 heteroatoms. The Balaban J connectivity index is 1.75. The molecule has 1 aliphatic carbocycles. The van der Waals surface area contributed by atoms with Crippen LogP contribution in [0, 0.1) is 23.7 Å². The van der Waals surface area contributed by atoms with Gasteiger partial charge in [-0.2, -0.15) is 0 Å². The smallest absolute Gasteiger partial charge is 0.406 e. The minimum atomic E-state index is -4.65. The average molecular weight is 352 g/mol. The van der Waals surface area contributed by atoms with Crippen LogP contribution in [0.15, 0.2) is 24.3 Å². The van der Waals surface area contributed by atoms with E-state index in [9.17, 15) is 13.2 Å². The molecule has 0 heterocycles. The Kier molecular flexibility index (Phi) is 7.68. The molecular weight excluding hydrogens is 325 g/mol. The maximum atomic E-state index is 12.1. The van der Waals surface area contributed by atoms with Gasteiger partial charge in [0, 0.05) is 11.5 Å². The zero-order chi connectivity index (χ0) is 18.1. The number of halogens is 3. The molecule has 1 saturated carbocycles. The quantitative estimate of drug-likeness (QED) is 0.408. The summed E-state index contributed by atoms with van der Waals surface area (Å²) in [5.74, 6) is 7.45. The van der Waals surface area contributed by atoms with Gasteiger partial charge in [-0.1, -0.05) is 50.9 Å². The van der Waals surface area contributed by atoms with Gasteiger partial charge in [-0.25, -0.2) is 0 Å². The van der Waals surface area contributed by atoms with E-state index in [1.165, 1.54) is 57.1 Å². The van der Waals surface area contributed by atoms with Crippen molar-refractivity contribution in [3.05, 3.63) is 29.8 Å². The molecule has 0 saturated heterocycles. The Morgan fingerprint density at radius 2 is 1.68 bits per heavy atom. The van der Waals surface area contributed by atoms with Gasteiger partial charge >= 0.3 is 6.36 Å². The molecule has 25 heavy (non-hydrogen) atoms. The summed E-state index contributed by atoms with van der Waals surface area (Å²) >= 11 is 0. The Morgan fingerprint density at radius 1 is 1.00 bits per heavy atom. The van der Waals surface area contributed by atoms with Gasteiger partial charge in [0.25, 0.3) is 0 Å². The summed E-state index contributed by atoms with van der Waals surface area (Å²) < 4.78 is 40.3. The predicted octanol–water partition coefficient (Wildman–Crippen LogP) is 6.71. The summed E-state index contributed by atoms with van der Waals surface area (Å²) in [5.41, 5.74) is 0.733. The molecule has 0 bridgehead atoms. The van der Waals surface area contributed by atoms with Gasteiger partial charge in [0.15, 0.2) is 0 Å². The van der Waals surface area contributed by atoms with Gasteiger partial charge in [-0.3, -0.25) is 0 Å². The average Bonchev–Trinajstić information content (AvgIpc) is 2.58. The maximum Gasteiger partial charge on any atom is 0.573 e. The number of hydrogen-bond acceptors (Lipinski definition) is 1. The van der Waals surface area contributed by atoms with Crippen LogP contribution in [0.2, 0.25) is 0 Å². The second-order valence-corrected chi connectivity index (χ2v) is 6.91. The summed E-state index contributed by atoms with van der Waals surface area (Å²) in [5, 5.41) is 0. The fraction of sp³-hybridized carbons (Fsp3) is 0.619. The Labute approximate surface area is 149 Å². The van der Waals surface area contributed by atoms with E-state index in [4.69, 9.17) is 0 Å². The lowest BCUT2D eigenvalue weighted by atomic mass is 9.80. The molecule has 0 aliphatic heterocycles. The van der Waals surface area contributed by atoms with Crippen LogP contribution in [0.5, 0.6) is 5.75 Å². The Hall–Kier alpha value is -1.63. The third kappa shape index (κ3) is 7.86. The zero-order valence-corrected chi connectivity index (χ0v) is 14.9. The highest BCUT2D eigenvalue weighted by Crippen LogP contribution is 2.32. The molecule has 0 aromatic heterocycles. The number of benzene rings is 1. The van der Waals surface area contributed by atoms with Crippen molar-refractivity contribution in [1.29, 1.82) is 0 Å². The third-order valence-electron chi connectivity index (χ3n) is 4.82. The van der Waals surface area contributed by atoms with Gasteiger partial charge in [-0.15, -0.1) is 13.2 Å². The maximum absolute atomic E-state index is 12.1. The van der Waals surface area contributed by atoms with E-state index in [-0.39, 0.29) is 5.75 Å². The van der Waals surface area contributed by atoms with E-state index >= 15 is 0 Å². The molecule has 0 spiro atoms. The van der Waals surface area contributed by atoms with Gasteiger partial charge in [0.1, 0.15) is 5.75 Å². The highest BCUT2D eigenvalue weighted by molar-refractivity contribution is 5.38. The molecule has 0 radical (unpaired) electrons. The fourth-order valence-corrected chi connectivity index (χ4v) is 3.38. The first-order valence-corrected chi connectivity index (χ1v) is 9.33. The summed E-state index contributed by atoms with van der Waals surface area (Å²) in [4.78, 5) is 0. The van der Waals surface area contributed by atoms with Crippen molar-refractivity contribution in [2.24, 2.45) is 11.8 Å². The van der Waals surface area contributed by atoms with Crippen molar-refractivity contribution in [3.63, 3.8) is 0 Å². The topological polar surface area (TPSA) is 9.23 Å². The summed E-state index contributed by atoms with van der Waals surface area (Å²) in [6, 6.07) is 5.77. The number of hydrogen-bond donors (Lipinski definition) is 0. The molecule has 0 amide bonds. The molecule has 1 fully saturated rings. The third-order valence-corrected chi connectivity index (χ3v) is 4.82. The molecular formula is C21H27F3O. The zero-order valence-electron chi connectivity index (χ0n) is 14.9. The monoisotopic (exact) mass is 352 g/mol. The van der Waals surface area contributed by atoms with Crippen molar-refractivity contribution >= 4 is 0 Å². The van der Waals surface area contributed by atoms with Crippen LogP contribution >= 0.6 is 0 Å². The van der Waals surface area contributed by atoms with E-state index < -0.39 is 6.36 Å². The number of alkyl halides is 3. The molecule has 2 rings (SSSR count). The molecule has 0 unspecified atom stereocenters. The van der Waals surface area contributed by atoms with Crippen molar-refractivity contribution < 1.29 is 17.9 Å². The predicted molar refractivity (Wildman–Crippen MR) is 94.2 cm³/mol. The Bertz CT molecular complexity index is 558. The van der Waals surface area contributed by atoms with Gasteiger partial charge in [0.2, 0.25) is 0 Å². The van der Waals surface area contributed by atoms with E-state index in [0.717, 1.165) is 24.3 Å². The summed E-state index contributed by atoms with van der Waals surface area (Å²) in [6.45, 7) is 2.24. The van der Waals surface area contributed by atoms with E-state index in [1.807, 2.05) is 0 Å². The van der Waals surface area contributed by atoms with Gasteiger partial charge < -0.3 is 4.74 Å². The highest BCUT2D eigenvalue weighted by Gasteiger charge is 2.30. The lowest BCUT2D eigenvalue weighted by Gasteiger charge is -2.25. The van der Waals surface area contributed by atoms with Crippen LogP contribution in [-0.4, -0.2) is 6.36 Å². The molecule has 1 aromatic carbocycles. The number of unbranched alkanes of at least 4 members (excludes halogenated alkanes) is 3. The van der Waals surface area contributed by atoms with Crippen LogP contribution < -0.4 is 4.74 Å². The standard InChI is InChI=1S/C21H27F3O/c1-2-3-4-5-6-17-7-9-18(10-8-17)11-12-19-13-15-20(16-14-19)25-21(22,23)24/h13-18H,2-10H2,1H3. The minimum Gasteiger partial charge on any atom is -0.406 e. The molecule has 1 aromatic rings. The Morgan fingerprint density at radius 3 is 2.28 bits per heavy atom. The fourth-order valence-electron chi connectivity index (χ4n) is 3.38. The molecule has 1 aliphatic rings. The number of rotatable bonds is 6. The minimum absolute atomic E-state index is 0.207.